The summed E-state index contributed by atoms with van der Waals surface area (Å²) in [5.41, 5.74) is 6.78. The Kier molecular flexibility index (Phi) is 2.87. The van der Waals surface area contributed by atoms with Crippen molar-refractivity contribution in [1.29, 1.82) is 0 Å². The van der Waals surface area contributed by atoms with Crippen LogP contribution in [0, 0.1) is 0 Å². The van der Waals surface area contributed by atoms with Gasteiger partial charge in [0.25, 0.3) is 5.91 Å². The number of nitrogen functional groups attached to an aromatic ring is 1. The van der Waals surface area contributed by atoms with E-state index in [2.05, 4.69) is 10.3 Å². The maximum atomic E-state index is 12.4. The maximum absolute atomic E-state index is 12.4. The molecular formula is C12H10N4O3S. The second-order valence-electron chi connectivity index (χ2n) is 4.33. The van der Waals surface area contributed by atoms with Crippen LogP contribution in [0.2, 0.25) is 0 Å². The minimum Gasteiger partial charge on any atom is -0.396 e. The van der Waals surface area contributed by atoms with E-state index in [0.717, 1.165) is 4.70 Å². The number of anilines is 1. The van der Waals surface area contributed by atoms with Gasteiger partial charge in [0.05, 0.1) is 10.4 Å². The van der Waals surface area contributed by atoms with Gasteiger partial charge in [0.1, 0.15) is 23.5 Å². The zero-order chi connectivity index (χ0) is 14.3. The van der Waals surface area contributed by atoms with Gasteiger partial charge in [-0.2, -0.15) is 0 Å². The van der Waals surface area contributed by atoms with E-state index in [1.807, 2.05) is 6.07 Å². The third-order valence-electron chi connectivity index (χ3n) is 2.91. The fourth-order valence-corrected chi connectivity index (χ4v) is 3.08. The number of pyridine rings is 1. The number of amides is 3. The SMILES string of the molecule is Nc1c(C(=O)N2CC(=O)NC(=O)C2)sc2cccnc12. The van der Waals surface area contributed by atoms with Crippen molar-refractivity contribution < 1.29 is 14.4 Å². The lowest BCUT2D eigenvalue weighted by Gasteiger charge is -2.25. The van der Waals surface area contributed by atoms with Crippen molar-refractivity contribution in [3.05, 3.63) is 23.2 Å². The lowest BCUT2D eigenvalue weighted by atomic mass is 10.2. The molecule has 102 valence electrons. The second-order valence-corrected chi connectivity index (χ2v) is 5.38. The van der Waals surface area contributed by atoms with Crippen molar-refractivity contribution in [2.75, 3.05) is 18.8 Å². The first-order valence-electron chi connectivity index (χ1n) is 5.81. The van der Waals surface area contributed by atoms with Gasteiger partial charge in [0, 0.05) is 6.20 Å². The summed E-state index contributed by atoms with van der Waals surface area (Å²) < 4.78 is 0.793. The first-order chi connectivity index (χ1) is 9.56. The number of carbonyl (C=O) groups is 3. The highest BCUT2D eigenvalue weighted by Gasteiger charge is 2.29. The predicted molar refractivity (Wildman–Crippen MR) is 73.1 cm³/mol. The van der Waals surface area contributed by atoms with Crippen molar-refractivity contribution in [3.8, 4) is 0 Å². The highest BCUT2D eigenvalue weighted by atomic mass is 32.1. The molecule has 3 N–H and O–H groups in total. The van der Waals surface area contributed by atoms with Crippen LogP contribution in [0.15, 0.2) is 18.3 Å². The predicted octanol–water partition coefficient (Wildman–Crippen LogP) is -0.0229. The Bertz CT molecular complexity index is 723. The van der Waals surface area contributed by atoms with Crippen LogP contribution in [0.4, 0.5) is 5.69 Å². The fraction of sp³-hybridized carbons (Fsp3) is 0.167. The third kappa shape index (κ3) is 1.99. The summed E-state index contributed by atoms with van der Waals surface area (Å²) >= 11 is 1.21. The number of nitrogens with two attached hydrogens (primary N) is 1. The van der Waals surface area contributed by atoms with Gasteiger partial charge in [0.2, 0.25) is 11.8 Å². The van der Waals surface area contributed by atoms with E-state index < -0.39 is 17.7 Å². The van der Waals surface area contributed by atoms with Gasteiger partial charge < -0.3 is 10.6 Å². The number of piperazine rings is 1. The molecule has 1 saturated heterocycles. The molecule has 20 heavy (non-hydrogen) atoms. The van der Waals surface area contributed by atoms with Gasteiger partial charge in [0.15, 0.2) is 0 Å². The first kappa shape index (κ1) is 12.5. The van der Waals surface area contributed by atoms with Crippen LogP contribution in [0.1, 0.15) is 9.67 Å². The molecular weight excluding hydrogens is 280 g/mol. The smallest absolute Gasteiger partial charge is 0.267 e. The third-order valence-corrected chi connectivity index (χ3v) is 4.06. The van der Waals surface area contributed by atoms with Crippen LogP contribution in [0.3, 0.4) is 0 Å². The van der Waals surface area contributed by atoms with Crippen molar-refractivity contribution in [1.82, 2.24) is 15.2 Å². The molecule has 1 aliphatic rings. The molecule has 1 fully saturated rings. The van der Waals surface area contributed by atoms with Crippen molar-refractivity contribution in [2.24, 2.45) is 0 Å². The number of imide groups is 1. The highest BCUT2D eigenvalue weighted by molar-refractivity contribution is 7.21. The van der Waals surface area contributed by atoms with E-state index in [0.29, 0.717) is 10.4 Å². The molecule has 1 aliphatic heterocycles. The molecule has 0 saturated carbocycles. The van der Waals surface area contributed by atoms with Crippen LogP contribution in [-0.2, 0) is 9.59 Å². The molecule has 0 radical (unpaired) electrons. The van der Waals surface area contributed by atoms with E-state index in [4.69, 9.17) is 5.73 Å². The number of hydrogen-bond acceptors (Lipinski definition) is 6. The quantitative estimate of drug-likeness (QED) is 0.718. The molecule has 3 amide bonds. The van der Waals surface area contributed by atoms with Gasteiger partial charge in [-0.15, -0.1) is 11.3 Å². The van der Waals surface area contributed by atoms with Crippen LogP contribution in [0.25, 0.3) is 10.2 Å². The average Bonchev–Trinajstić information content (AvgIpc) is 2.75. The Hall–Kier alpha value is -2.48. The summed E-state index contributed by atoms with van der Waals surface area (Å²) in [5, 5.41) is 2.14. The monoisotopic (exact) mass is 290 g/mol. The molecule has 0 bridgehead atoms. The normalized spacial score (nSPS) is 15.5. The Morgan fingerprint density at radius 2 is 2.05 bits per heavy atom. The van der Waals surface area contributed by atoms with E-state index in [1.165, 1.54) is 16.2 Å². The number of nitrogens with one attached hydrogen (secondary N) is 1. The average molecular weight is 290 g/mol. The molecule has 0 spiro atoms. The molecule has 7 nitrogen and oxygen atoms in total. The topological polar surface area (TPSA) is 105 Å². The van der Waals surface area contributed by atoms with Crippen LogP contribution >= 0.6 is 11.3 Å². The number of fused-ring (bicyclic) bond motifs is 1. The van der Waals surface area contributed by atoms with Gasteiger partial charge in [-0.25, -0.2) is 0 Å². The number of carbonyl (C=O) groups excluding carboxylic acids is 3. The molecule has 0 aliphatic carbocycles. The highest BCUT2D eigenvalue weighted by Crippen LogP contribution is 2.32. The minimum absolute atomic E-state index is 0.147. The number of thiophene rings is 1. The number of nitrogens with zero attached hydrogens (tertiary/aromatic N) is 2. The molecule has 3 rings (SSSR count). The van der Waals surface area contributed by atoms with E-state index >= 15 is 0 Å². The molecule has 0 aromatic carbocycles. The van der Waals surface area contributed by atoms with Crippen LogP contribution in [0.5, 0.6) is 0 Å². The summed E-state index contributed by atoms with van der Waals surface area (Å²) in [6.45, 7) is -0.294. The van der Waals surface area contributed by atoms with Gasteiger partial charge in [-0.3, -0.25) is 24.7 Å². The zero-order valence-electron chi connectivity index (χ0n) is 10.3. The summed E-state index contributed by atoms with van der Waals surface area (Å²) in [5.74, 6) is -1.41. The fourth-order valence-electron chi connectivity index (χ4n) is 2.03. The van der Waals surface area contributed by atoms with Gasteiger partial charge >= 0.3 is 0 Å². The molecule has 0 unspecified atom stereocenters. The van der Waals surface area contributed by atoms with Gasteiger partial charge in [-0.05, 0) is 12.1 Å². The molecule has 2 aromatic rings. The molecule has 0 atom stereocenters. The Labute approximate surface area is 117 Å². The lowest BCUT2D eigenvalue weighted by molar-refractivity contribution is -0.135. The minimum atomic E-state index is -0.493. The van der Waals surface area contributed by atoms with Crippen molar-refractivity contribution in [3.63, 3.8) is 0 Å². The molecule has 3 heterocycles. The Balaban J connectivity index is 1.98. The standard InChI is InChI=1S/C12H10N4O3S/c13-9-10-6(2-1-3-14-10)20-11(9)12(19)16-4-7(17)15-8(18)5-16/h1-3H,4-5,13H2,(H,15,17,18). The maximum Gasteiger partial charge on any atom is 0.267 e. The summed E-state index contributed by atoms with van der Waals surface area (Å²) in [6, 6.07) is 3.57. The number of rotatable bonds is 1. The van der Waals surface area contributed by atoms with Crippen molar-refractivity contribution >= 4 is 45.0 Å². The number of hydrogen-bond donors (Lipinski definition) is 2. The lowest BCUT2D eigenvalue weighted by Crippen LogP contribution is -2.53. The van der Waals surface area contributed by atoms with Crippen molar-refractivity contribution in [2.45, 2.75) is 0 Å². The largest absolute Gasteiger partial charge is 0.396 e. The van der Waals surface area contributed by atoms with E-state index in [-0.39, 0.29) is 18.8 Å². The zero-order valence-corrected chi connectivity index (χ0v) is 11.1. The summed E-state index contributed by atoms with van der Waals surface area (Å²) in [4.78, 5) is 40.6. The first-order valence-corrected chi connectivity index (χ1v) is 6.63. The van der Waals surface area contributed by atoms with E-state index in [9.17, 15) is 14.4 Å². The molecule has 2 aromatic heterocycles. The second kappa shape index (κ2) is 4.57. The van der Waals surface area contributed by atoms with Crippen LogP contribution < -0.4 is 11.1 Å². The van der Waals surface area contributed by atoms with E-state index in [1.54, 1.807) is 12.3 Å². The summed E-state index contributed by atoms with van der Waals surface area (Å²) in [7, 11) is 0. The Morgan fingerprint density at radius 3 is 2.70 bits per heavy atom. The number of aromatic nitrogens is 1. The van der Waals surface area contributed by atoms with Gasteiger partial charge in [-0.1, -0.05) is 0 Å². The van der Waals surface area contributed by atoms with Crippen LogP contribution in [-0.4, -0.2) is 40.7 Å². The molecule has 8 heteroatoms. The summed E-state index contributed by atoms with van der Waals surface area (Å²) in [6.07, 6.45) is 1.59. The Morgan fingerprint density at radius 1 is 1.35 bits per heavy atom.